The fourth-order valence-corrected chi connectivity index (χ4v) is 2.01. The molecule has 0 atom stereocenters. The smallest absolute Gasteiger partial charge is 0.149 e. The number of aromatic hydroxyl groups is 1. The number of phenolic OH excluding ortho intramolecular Hbond substituents is 1. The Kier molecular flexibility index (Phi) is 2.45. The lowest BCUT2D eigenvalue weighted by Crippen LogP contribution is -1.85. The van der Waals surface area contributed by atoms with Gasteiger partial charge in [0, 0.05) is 11.8 Å². The highest BCUT2D eigenvalue weighted by Crippen LogP contribution is 2.27. The third kappa shape index (κ3) is 1.80. The van der Waals surface area contributed by atoms with Crippen molar-refractivity contribution in [2.45, 2.75) is 0 Å². The predicted octanol–water partition coefficient (Wildman–Crippen LogP) is 3.75. The van der Waals surface area contributed by atoms with Gasteiger partial charge >= 0.3 is 0 Å². The first-order chi connectivity index (χ1) is 8.74. The van der Waals surface area contributed by atoms with Crippen molar-refractivity contribution in [2.75, 3.05) is 0 Å². The molecule has 0 saturated carbocycles. The Balaban J connectivity index is 2.20. The van der Waals surface area contributed by atoms with Crippen molar-refractivity contribution in [3.8, 4) is 16.9 Å². The third-order valence-electron chi connectivity index (χ3n) is 2.91. The predicted molar refractivity (Wildman–Crippen MR) is 68.8 cm³/mol. The second kappa shape index (κ2) is 4.11. The molecule has 3 aromatic rings. The average molecular weight is 239 g/mol. The van der Waals surface area contributed by atoms with Crippen LogP contribution >= 0.6 is 0 Å². The molecule has 88 valence electrons. The van der Waals surface area contributed by atoms with Gasteiger partial charge in [0.25, 0.3) is 0 Å². The molecular weight excluding hydrogens is 229 g/mol. The highest BCUT2D eigenvalue weighted by Gasteiger charge is 2.05. The van der Waals surface area contributed by atoms with Crippen molar-refractivity contribution in [1.29, 1.82) is 0 Å². The monoisotopic (exact) mass is 239 g/mol. The van der Waals surface area contributed by atoms with Crippen LogP contribution in [-0.4, -0.2) is 10.1 Å². The van der Waals surface area contributed by atoms with Crippen LogP contribution in [-0.2, 0) is 0 Å². The van der Waals surface area contributed by atoms with Crippen LogP contribution in [0.5, 0.6) is 5.75 Å². The highest BCUT2D eigenvalue weighted by atomic mass is 19.1. The van der Waals surface area contributed by atoms with Gasteiger partial charge in [0.2, 0.25) is 0 Å². The number of halogens is 1. The summed E-state index contributed by atoms with van der Waals surface area (Å²) in [6.45, 7) is 0. The van der Waals surface area contributed by atoms with Crippen molar-refractivity contribution in [3.05, 3.63) is 60.7 Å². The maximum absolute atomic E-state index is 13.6. The van der Waals surface area contributed by atoms with Crippen LogP contribution in [0.3, 0.4) is 0 Å². The standard InChI is InChI=1S/C15H10FNO/c16-15-9-17-6-5-14(15)12-2-1-11-8-13(18)4-3-10(11)7-12/h1-9,18H. The molecule has 0 unspecified atom stereocenters. The molecule has 0 aliphatic carbocycles. The molecule has 0 aliphatic heterocycles. The zero-order chi connectivity index (χ0) is 12.5. The highest BCUT2D eigenvalue weighted by molar-refractivity contribution is 5.88. The lowest BCUT2D eigenvalue weighted by atomic mass is 10.0. The number of rotatable bonds is 1. The molecule has 0 aliphatic rings. The van der Waals surface area contributed by atoms with Gasteiger partial charge in [0.15, 0.2) is 0 Å². The first-order valence-corrected chi connectivity index (χ1v) is 5.57. The number of nitrogens with zero attached hydrogens (tertiary/aromatic N) is 1. The summed E-state index contributed by atoms with van der Waals surface area (Å²) in [6.07, 6.45) is 2.77. The van der Waals surface area contributed by atoms with Gasteiger partial charge in [-0.1, -0.05) is 18.2 Å². The normalized spacial score (nSPS) is 10.7. The van der Waals surface area contributed by atoms with E-state index in [0.717, 1.165) is 16.3 Å². The Bertz CT molecular complexity index is 725. The summed E-state index contributed by atoms with van der Waals surface area (Å²) in [7, 11) is 0. The summed E-state index contributed by atoms with van der Waals surface area (Å²) in [5.74, 6) is -0.110. The third-order valence-corrected chi connectivity index (χ3v) is 2.91. The van der Waals surface area contributed by atoms with Crippen LogP contribution in [0.2, 0.25) is 0 Å². The van der Waals surface area contributed by atoms with Gasteiger partial charge in [-0.3, -0.25) is 4.98 Å². The molecule has 1 aromatic heterocycles. The van der Waals surface area contributed by atoms with E-state index in [9.17, 15) is 9.50 Å². The molecule has 0 radical (unpaired) electrons. The zero-order valence-corrected chi connectivity index (χ0v) is 9.47. The van der Waals surface area contributed by atoms with Crippen LogP contribution in [0.1, 0.15) is 0 Å². The maximum atomic E-state index is 13.6. The lowest BCUT2D eigenvalue weighted by Gasteiger charge is -2.05. The topological polar surface area (TPSA) is 33.1 Å². The van der Waals surface area contributed by atoms with E-state index >= 15 is 0 Å². The molecule has 1 heterocycles. The van der Waals surface area contributed by atoms with Gasteiger partial charge in [0.05, 0.1) is 6.20 Å². The molecular formula is C15H10FNO. The molecule has 0 spiro atoms. The minimum atomic E-state index is -0.337. The Hall–Kier alpha value is -2.42. The van der Waals surface area contributed by atoms with E-state index in [1.165, 1.54) is 6.20 Å². The molecule has 2 nitrogen and oxygen atoms in total. The molecule has 0 saturated heterocycles. The number of fused-ring (bicyclic) bond motifs is 1. The summed E-state index contributed by atoms with van der Waals surface area (Å²) < 4.78 is 13.6. The van der Waals surface area contributed by atoms with Crippen LogP contribution in [0, 0.1) is 5.82 Å². The van der Waals surface area contributed by atoms with Gasteiger partial charge in [-0.25, -0.2) is 4.39 Å². The largest absolute Gasteiger partial charge is 0.508 e. The molecule has 18 heavy (non-hydrogen) atoms. The Labute approximate surface area is 103 Å². The van der Waals surface area contributed by atoms with E-state index in [-0.39, 0.29) is 11.6 Å². The lowest BCUT2D eigenvalue weighted by molar-refractivity contribution is 0.476. The minimum Gasteiger partial charge on any atom is -0.508 e. The SMILES string of the molecule is Oc1ccc2cc(-c3ccncc3F)ccc2c1. The van der Waals surface area contributed by atoms with Crippen molar-refractivity contribution in [2.24, 2.45) is 0 Å². The van der Waals surface area contributed by atoms with E-state index in [0.29, 0.717) is 5.56 Å². The van der Waals surface area contributed by atoms with E-state index < -0.39 is 0 Å². The molecule has 2 aromatic carbocycles. The average Bonchev–Trinajstić information content (AvgIpc) is 2.39. The van der Waals surface area contributed by atoms with E-state index in [1.807, 2.05) is 24.3 Å². The quantitative estimate of drug-likeness (QED) is 0.701. The van der Waals surface area contributed by atoms with Gasteiger partial charge in [-0.05, 0) is 40.6 Å². The van der Waals surface area contributed by atoms with Gasteiger partial charge < -0.3 is 5.11 Å². The summed E-state index contributed by atoms with van der Waals surface area (Å²) >= 11 is 0. The van der Waals surface area contributed by atoms with Gasteiger partial charge in [-0.2, -0.15) is 0 Å². The fraction of sp³-hybridized carbons (Fsp3) is 0. The van der Waals surface area contributed by atoms with Crippen LogP contribution < -0.4 is 0 Å². The zero-order valence-electron chi connectivity index (χ0n) is 9.47. The Morgan fingerprint density at radius 1 is 0.944 bits per heavy atom. The van der Waals surface area contributed by atoms with Crippen LogP contribution in [0.4, 0.5) is 4.39 Å². The van der Waals surface area contributed by atoms with E-state index in [2.05, 4.69) is 4.98 Å². The van der Waals surface area contributed by atoms with E-state index in [4.69, 9.17) is 0 Å². The molecule has 3 heteroatoms. The number of benzene rings is 2. The molecule has 0 fully saturated rings. The molecule has 0 amide bonds. The molecule has 1 N–H and O–H groups in total. The van der Waals surface area contributed by atoms with Crippen molar-refractivity contribution in [3.63, 3.8) is 0 Å². The van der Waals surface area contributed by atoms with Crippen LogP contribution in [0.15, 0.2) is 54.9 Å². The van der Waals surface area contributed by atoms with Crippen molar-refractivity contribution < 1.29 is 9.50 Å². The molecule has 3 rings (SSSR count). The van der Waals surface area contributed by atoms with E-state index in [1.54, 1.807) is 24.4 Å². The van der Waals surface area contributed by atoms with Crippen LogP contribution in [0.25, 0.3) is 21.9 Å². The molecule has 0 bridgehead atoms. The first-order valence-electron chi connectivity index (χ1n) is 5.57. The summed E-state index contributed by atoms with van der Waals surface area (Å²) in [4.78, 5) is 3.74. The number of hydrogen-bond donors (Lipinski definition) is 1. The number of phenols is 1. The van der Waals surface area contributed by atoms with Crippen molar-refractivity contribution >= 4 is 10.8 Å². The summed E-state index contributed by atoms with van der Waals surface area (Å²) in [5, 5.41) is 11.3. The number of pyridine rings is 1. The summed E-state index contributed by atoms with van der Waals surface area (Å²) in [5.41, 5.74) is 1.33. The number of hydrogen-bond acceptors (Lipinski definition) is 2. The second-order valence-corrected chi connectivity index (χ2v) is 4.10. The van der Waals surface area contributed by atoms with Crippen molar-refractivity contribution in [1.82, 2.24) is 4.98 Å². The Morgan fingerprint density at radius 2 is 1.72 bits per heavy atom. The number of aromatic nitrogens is 1. The Morgan fingerprint density at radius 3 is 2.56 bits per heavy atom. The van der Waals surface area contributed by atoms with Gasteiger partial charge in [-0.15, -0.1) is 0 Å². The fourth-order valence-electron chi connectivity index (χ4n) is 2.01. The summed E-state index contributed by atoms with van der Waals surface area (Å²) in [6, 6.07) is 12.4. The second-order valence-electron chi connectivity index (χ2n) is 4.10. The minimum absolute atomic E-state index is 0.227. The maximum Gasteiger partial charge on any atom is 0.149 e. The first kappa shape index (κ1) is 10.7. The van der Waals surface area contributed by atoms with Gasteiger partial charge in [0.1, 0.15) is 11.6 Å².